The highest BCUT2D eigenvalue weighted by Crippen LogP contribution is 2.18. The molecule has 2 rings (SSSR count). The van der Waals surface area contributed by atoms with E-state index >= 15 is 0 Å². The average molecular weight is 228 g/mol. The van der Waals surface area contributed by atoms with E-state index in [1.807, 2.05) is 19.1 Å². The van der Waals surface area contributed by atoms with Gasteiger partial charge in [-0.2, -0.15) is 0 Å². The number of benzene rings is 2. The average Bonchev–Trinajstić information content (AvgIpc) is 2.37. The molecule has 0 amide bonds. The third-order valence-electron chi connectivity index (χ3n) is 2.96. The van der Waals surface area contributed by atoms with Crippen LogP contribution in [0, 0.1) is 5.92 Å². The van der Waals surface area contributed by atoms with Gasteiger partial charge >= 0.3 is 5.97 Å². The molecule has 0 saturated carbocycles. The molecule has 1 atom stereocenters. The first-order valence-corrected chi connectivity index (χ1v) is 5.76. The highest BCUT2D eigenvalue weighted by molar-refractivity contribution is 5.83. The molecular weight excluding hydrogens is 212 g/mol. The van der Waals surface area contributed by atoms with Crippen LogP contribution in [-0.4, -0.2) is 13.1 Å². The third kappa shape index (κ3) is 2.64. The maximum atomic E-state index is 11.4. The number of fused-ring (bicyclic) bond motifs is 1. The fourth-order valence-corrected chi connectivity index (χ4v) is 2.00. The molecule has 0 aliphatic rings. The number of esters is 1. The number of hydrogen-bond donors (Lipinski definition) is 0. The lowest BCUT2D eigenvalue weighted by Gasteiger charge is -2.09. The van der Waals surface area contributed by atoms with Crippen molar-refractivity contribution in [2.24, 2.45) is 5.92 Å². The Bertz CT molecular complexity index is 531. The Balaban J connectivity index is 2.22. The second-order valence-corrected chi connectivity index (χ2v) is 4.31. The second-order valence-electron chi connectivity index (χ2n) is 4.31. The Hall–Kier alpha value is -1.83. The molecule has 0 unspecified atom stereocenters. The van der Waals surface area contributed by atoms with Crippen molar-refractivity contribution in [1.82, 2.24) is 0 Å². The van der Waals surface area contributed by atoms with Crippen molar-refractivity contribution >= 4 is 16.7 Å². The number of ether oxygens (including phenoxy) is 1. The quantitative estimate of drug-likeness (QED) is 0.754. The van der Waals surface area contributed by atoms with Crippen molar-refractivity contribution < 1.29 is 9.53 Å². The van der Waals surface area contributed by atoms with Gasteiger partial charge in [-0.3, -0.25) is 4.79 Å². The summed E-state index contributed by atoms with van der Waals surface area (Å²) >= 11 is 0. The zero-order valence-electron chi connectivity index (χ0n) is 10.1. The van der Waals surface area contributed by atoms with Crippen LogP contribution in [0.15, 0.2) is 42.5 Å². The van der Waals surface area contributed by atoms with Crippen LogP contribution in [0.1, 0.15) is 12.5 Å². The number of carbonyl (C=O) groups is 1. The molecule has 0 radical (unpaired) electrons. The van der Waals surface area contributed by atoms with E-state index in [9.17, 15) is 4.79 Å². The van der Waals surface area contributed by atoms with Gasteiger partial charge in [0.2, 0.25) is 0 Å². The Morgan fingerprint density at radius 3 is 2.59 bits per heavy atom. The summed E-state index contributed by atoms with van der Waals surface area (Å²) in [6, 6.07) is 14.5. The van der Waals surface area contributed by atoms with Gasteiger partial charge in [-0.05, 0) is 22.8 Å². The number of carbonyl (C=O) groups excluding carboxylic acids is 1. The van der Waals surface area contributed by atoms with E-state index < -0.39 is 0 Å². The summed E-state index contributed by atoms with van der Waals surface area (Å²) in [6.45, 7) is 1.89. The van der Waals surface area contributed by atoms with Gasteiger partial charge in [-0.25, -0.2) is 0 Å². The Morgan fingerprint density at radius 1 is 1.18 bits per heavy atom. The van der Waals surface area contributed by atoms with Crippen molar-refractivity contribution in [1.29, 1.82) is 0 Å². The first-order chi connectivity index (χ1) is 8.20. The van der Waals surface area contributed by atoms with Crippen LogP contribution in [0.4, 0.5) is 0 Å². The van der Waals surface area contributed by atoms with Crippen LogP contribution in [0.3, 0.4) is 0 Å². The predicted molar refractivity (Wildman–Crippen MR) is 68.8 cm³/mol. The maximum absolute atomic E-state index is 11.4. The van der Waals surface area contributed by atoms with Crippen molar-refractivity contribution in [2.45, 2.75) is 13.3 Å². The molecule has 0 N–H and O–H groups in total. The number of rotatable bonds is 3. The van der Waals surface area contributed by atoms with Crippen LogP contribution < -0.4 is 0 Å². The summed E-state index contributed by atoms with van der Waals surface area (Å²) < 4.78 is 4.73. The SMILES string of the molecule is COC(=O)[C@@H](C)Cc1ccc2ccccc2c1. The zero-order valence-corrected chi connectivity index (χ0v) is 10.1. The molecule has 0 fully saturated rings. The molecule has 2 heteroatoms. The molecule has 0 heterocycles. The van der Waals surface area contributed by atoms with E-state index in [2.05, 4.69) is 30.3 Å². The van der Waals surface area contributed by atoms with Crippen LogP contribution in [-0.2, 0) is 16.0 Å². The van der Waals surface area contributed by atoms with Gasteiger partial charge in [0.1, 0.15) is 0 Å². The molecule has 0 aliphatic carbocycles. The number of hydrogen-bond acceptors (Lipinski definition) is 2. The monoisotopic (exact) mass is 228 g/mol. The van der Waals surface area contributed by atoms with Crippen LogP contribution >= 0.6 is 0 Å². The van der Waals surface area contributed by atoms with Crippen molar-refractivity contribution in [3.8, 4) is 0 Å². The van der Waals surface area contributed by atoms with Crippen LogP contribution in [0.5, 0.6) is 0 Å². The van der Waals surface area contributed by atoms with Gasteiger partial charge in [0, 0.05) is 0 Å². The smallest absolute Gasteiger partial charge is 0.308 e. The lowest BCUT2D eigenvalue weighted by Crippen LogP contribution is -2.14. The summed E-state index contributed by atoms with van der Waals surface area (Å²) in [5, 5.41) is 2.43. The summed E-state index contributed by atoms with van der Waals surface area (Å²) in [4.78, 5) is 11.4. The lowest BCUT2D eigenvalue weighted by molar-refractivity contribution is -0.144. The highest BCUT2D eigenvalue weighted by atomic mass is 16.5. The van der Waals surface area contributed by atoms with E-state index in [0.717, 1.165) is 6.42 Å². The van der Waals surface area contributed by atoms with E-state index in [1.165, 1.54) is 23.4 Å². The molecule has 0 bridgehead atoms. The second kappa shape index (κ2) is 5.00. The highest BCUT2D eigenvalue weighted by Gasteiger charge is 2.13. The minimum Gasteiger partial charge on any atom is -0.469 e. The minimum atomic E-state index is -0.154. The molecular formula is C15H16O2. The fraction of sp³-hybridized carbons (Fsp3) is 0.267. The van der Waals surface area contributed by atoms with Crippen molar-refractivity contribution in [3.05, 3.63) is 48.0 Å². The van der Waals surface area contributed by atoms with Gasteiger partial charge in [-0.15, -0.1) is 0 Å². The van der Waals surface area contributed by atoms with E-state index in [4.69, 9.17) is 4.74 Å². The third-order valence-corrected chi connectivity index (χ3v) is 2.96. The van der Waals surface area contributed by atoms with Crippen LogP contribution in [0.2, 0.25) is 0 Å². The maximum Gasteiger partial charge on any atom is 0.308 e. The molecule has 17 heavy (non-hydrogen) atoms. The van der Waals surface area contributed by atoms with Gasteiger partial charge in [-0.1, -0.05) is 49.4 Å². The topological polar surface area (TPSA) is 26.3 Å². The van der Waals surface area contributed by atoms with Gasteiger partial charge in [0.25, 0.3) is 0 Å². The predicted octanol–water partition coefficient (Wildman–Crippen LogP) is 3.19. The Kier molecular flexibility index (Phi) is 3.43. The Morgan fingerprint density at radius 2 is 1.88 bits per heavy atom. The van der Waals surface area contributed by atoms with Crippen molar-refractivity contribution in [2.75, 3.05) is 7.11 Å². The zero-order chi connectivity index (χ0) is 12.3. The molecule has 2 aromatic carbocycles. The number of methoxy groups -OCH3 is 1. The summed E-state index contributed by atoms with van der Waals surface area (Å²) in [7, 11) is 1.43. The molecule has 0 aromatic heterocycles. The molecule has 0 aliphatic heterocycles. The van der Waals surface area contributed by atoms with Gasteiger partial charge in [0.15, 0.2) is 0 Å². The first kappa shape index (κ1) is 11.6. The largest absolute Gasteiger partial charge is 0.469 e. The minimum absolute atomic E-state index is 0.0961. The summed E-state index contributed by atoms with van der Waals surface area (Å²) in [5.74, 6) is -0.251. The molecule has 2 aromatic rings. The van der Waals surface area contributed by atoms with E-state index in [1.54, 1.807) is 0 Å². The standard InChI is InChI=1S/C15H16O2/c1-11(15(16)17-2)9-12-7-8-13-5-3-4-6-14(13)10-12/h3-8,10-11H,9H2,1-2H3/t11-/m0/s1. The molecule has 0 spiro atoms. The normalized spacial score (nSPS) is 12.4. The molecule has 0 saturated heterocycles. The molecule has 2 nitrogen and oxygen atoms in total. The summed E-state index contributed by atoms with van der Waals surface area (Å²) in [5.41, 5.74) is 1.17. The van der Waals surface area contributed by atoms with Gasteiger partial charge < -0.3 is 4.74 Å². The Labute approximate surface area is 101 Å². The van der Waals surface area contributed by atoms with Crippen molar-refractivity contribution in [3.63, 3.8) is 0 Å². The first-order valence-electron chi connectivity index (χ1n) is 5.76. The lowest BCUT2D eigenvalue weighted by atomic mass is 9.98. The van der Waals surface area contributed by atoms with Gasteiger partial charge in [0.05, 0.1) is 13.0 Å². The fourth-order valence-electron chi connectivity index (χ4n) is 2.00. The van der Waals surface area contributed by atoms with E-state index in [0.29, 0.717) is 0 Å². The summed E-state index contributed by atoms with van der Waals surface area (Å²) in [6.07, 6.45) is 0.720. The van der Waals surface area contributed by atoms with E-state index in [-0.39, 0.29) is 11.9 Å². The van der Waals surface area contributed by atoms with Crippen LogP contribution in [0.25, 0.3) is 10.8 Å². The molecule has 88 valence electrons.